The van der Waals surface area contributed by atoms with Gasteiger partial charge >= 0.3 is 0 Å². The van der Waals surface area contributed by atoms with Crippen LogP contribution in [0.3, 0.4) is 0 Å². The number of aliphatic hydroxyl groups is 1. The highest BCUT2D eigenvalue weighted by molar-refractivity contribution is 6.02. The number of hydrogen-bond donors (Lipinski definition) is 2. The lowest BCUT2D eigenvalue weighted by molar-refractivity contribution is -0.122. The van der Waals surface area contributed by atoms with Gasteiger partial charge in [0.1, 0.15) is 6.10 Å². The van der Waals surface area contributed by atoms with Gasteiger partial charge in [0.2, 0.25) is 12.7 Å². The summed E-state index contributed by atoms with van der Waals surface area (Å²) >= 11 is 0. The molecule has 0 bridgehead atoms. The highest BCUT2D eigenvalue weighted by Gasteiger charge is 2.35. The molecule has 40 heavy (non-hydrogen) atoms. The number of hydrogen-bond acceptors (Lipinski definition) is 8. The summed E-state index contributed by atoms with van der Waals surface area (Å²) in [6.07, 6.45) is 1.03. The van der Waals surface area contributed by atoms with Gasteiger partial charge in [-0.25, -0.2) is 0 Å². The molecule has 2 N–H and O–H groups in total. The summed E-state index contributed by atoms with van der Waals surface area (Å²) in [5.74, 6) is 1.34. The number of carbonyl (C=O) groups excluding carboxylic acids is 2. The van der Waals surface area contributed by atoms with E-state index in [2.05, 4.69) is 17.1 Å². The van der Waals surface area contributed by atoms with Crippen LogP contribution in [0, 0.1) is 11.8 Å². The summed E-state index contributed by atoms with van der Waals surface area (Å²) in [4.78, 5) is 30.7. The first-order valence-corrected chi connectivity index (χ1v) is 14.0. The number of ether oxygens (including phenoxy) is 4. The third kappa shape index (κ3) is 6.19. The third-order valence-corrected chi connectivity index (χ3v) is 7.92. The van der Waals surface area contributed by atoms with E-state index in [-0.39, 0.29) is 49.2 Å². The number of aliphatic hydroxyl groups excluding tert-OH is 1. The average Bonchev–Trinajstić information content (AvgIpc) is 3.43. The zero-order valence-electron chi connectivity index (χ0n) is 23.4. The molecular formula is C30H39N3O7. The number of carbonyl (C=O) groups is 2. The van der Waals surface area contributed by atoms with Crippen molar-refractivity contribution in [3.05, 3.63) is 47.5 Å². The van der Waals surface area contributed by atoms with Crippen molar-refractivity contribution in [2.45, 2.75) is 45.4 Å². The molecule has 10 nitrogen and oxygen atoms in total. The van der Waals surface area contributed by atoms with Crippen LogP contribution in [-0.2, 0) is 16.1 Å². The Morgan fingerprint density at radius 2 is 1.95 bits per heavy atom. The van der Waals surface area contributed by atoms with Gasteiger partial charge in [-0.3, -0.25) is 14.5 Å². The molecule has 3 aliphatic rings. The molecule has 1 fully saturated rings. The molecule has 0 saturated carbocycles. The van der Waals surface area contributed by atoms with Gasteiger partial charge in [0.25, 0.3) is 5.91 Å². The van der Waals surface area contributed by atoms with Gasteiger partial charge in [-0.05, 0) is 56.6 Å². The van der Waals surface area contributed by atoms with Crippen molar-refractivity contribution in [1.82, 2.24) is 9.80 Å². The van der Waals surface area contributed by atoms with E-state index in [0.29, 0.717) is 62.7 Å². The second kappa shape index (κ2) is 12.4. The predicted molar refractivity (Wildman–Crippen MR) is 149 cm³/mol. The van der Waals surface area contributed by atoms with Crippen LogP contribution in [0.1, 0.15) is 42.6 Å². The van der Waals surface area contributed by atoms with Crippen LogP contribution in [0.5, 0.6) is 17.2 Å². The molecule has 5 rings (SSSR count). The van der Waals surface area contributed by atoms with Crippen LogP contribution in [0.4, 0.5) is 5.69 Å². The van der Waals surface area contributed by atoms with Crippen LogP contribution in [-0.4, -0.2) is 85.6 Å². The Labute approximate surface area is 235 Å². The normalized spacial score (nSPS) is 21.8. The van der Waals surface area contributed by atoms with Crippen molar-refractivity contribution in [3.63, 3.8) is 0 Å². The molecule has 2 aromatic carbocycles. The molecule has 216 valence electrons. The van der Waals surface area contributed by atoms with Crippen LogP contribution in [0.2, 0.25) is 0 Å². The van der Waals surface area contributed by atoms with Gasteiger partial charge in [0.05, 0.1) is 23.9 Å². The summed E-state index contributed by atoms with van der Waals surface area (Å²) in [7, 11) is 2.03. The topological polar surface area (TPSA) is 110 Å². The molecular weight excluding hydrogens is 514 g/mol. The van der Waals surface area contributed by atoms with Crippen molar-refractivity contribution >= 4 is 17.5 Å². The number of fused-ring (bicyclic) bond motifs is 2. The second-order valence-corrected chi connectivity index (χ2v) is 11.1. The molecule has 0 aromatic heterocycles. The van der Waals surface area contributed by atoms with E-state index in [1.807, 2.05) is 32.2 Å². The Morgan fingerprint density at radius 1 is 1.18 bits per heavy atom. The Bertz CT molecular complexity index is 1220. The van der Waals surface area contributed by atoms with Crippen molar-refractivity contribution in [1.29, 1.82) is 0 Å². The molecule has 3 aliphatic heterocycles. The highest BCUT2D eigenvalue weighted by atomic mass is 16.7. The SMILES string of the molecule is C[C@H]1CN([C@@H](C)CO)C(=O)c2cccc(NC(=O)C3CCOCC3)c2O[C@H]1CN(C)Cc1ccc2c(c1)OCO2. The molecule has 3 atom stereocenters. The second-order valence-electron chi connectivity index (χ2n) is 11.1. The zero-order valence-corrected chi connectivity index (χ0v) is 23.4. The molecule has 2 amide bonds. The van der Waals surface area contributed by atoms with Crippen molar-refractivity contribution in [2.24, 2.45) is 11.8 Å². The summed E-state index contributed by atoms with van der Waals surface area (Å²) < 4.78 is 23.0. The fourth-order valence-electron chi connectivity index (χ4n) is 5.48. The van der Waals surface area contributed by atoms with Crippen LogP contribution >= 0.6 is 0 Å². The first-order valence-electron chi connectivity index (χ1n) is 14.0. The van der Waals surface area contributed by atoms with Crippen LogP contribution in [0.25, 0.3) is 0 Å². The number of nitrogens with zero attached hydrogens (tertiary/aromatic N) is 2. The fraction of sp³-hybridized carbons (Fsp3) is 0.533. The lowest BCUT2D eigenvalue weighted by Gasteiger charge is -2.38. The molecule has 0 spiro atoms. The molecule has 0 radical (unpaired) electrons. The molecule has 3 heterocycles. The largest absolute Gasteiger partial charge is 0.486 e. The summed E-state index contributed by atoms with van der Waals surface area (Å²) in [5, 5.41) is 13.0. The van der Waals surface area contributed by atoms with Gasteiger partial charge in [-0.1, -0.05) is 19.1 Å². The minimum atomic E-state index is -0.367. The van der Waals surface area contributed by atoms with Gasteiger partial charge in [-0.15, -0.1) is 0 Å². The van der Waals surface area contributed by atoms with E-state index < -0.39 is 0 Å². The van der Waals surface area contributed by atoms with Gasteiger partial charge < -0.3 is 34.3 Å². The van der Waals surface area contributed by atoms with Gasteiger partial charge in [0, 0.05) is 44.7 Å². The maximum Gasteiger partial charge on any atom is 0.258 e. The van der Waals surface area contributed by atoms with E-state index in [9.17, 15) is 14.7 Å². The van der Waals surface area contributed by atoms with E-state index in [1.165, 1.54) is 0 Å². The van der Waals surface area contributed by atoms with E-state index in [1.54, 1.807) is 23.1 Å². The predicted octanol–water partition coefficient (Wildman–Crippen LogP) is 3.13. The lowest BCUT2D eigenvalue weighted by atomic mass is 9.98. The first-order chi connectivity index (χ1) is 19.3. The lowest BCUT2D eigenvalue weighted by Crippen LogP contribution is -2.49. The minimum Gasteiger partial charge on any atom is -0.486 e. The van der Waals surface area contributed by atoms with Crippen LogP contribution in [0.15, 0.2) is 36.4 Å². The molecule has 0 aliphatic carbocycles. The average molecular weight is 554 g/mol. The number of amides is 2. The van der Waals surface area contributed by atoms with Gasteiger partial charge in [0.15, 0.2) is 17.2 Å². The van der Waals surface area contributed by atoms with Crippen molar-refractivity contribution in [3.8, 4) is 17.2 Å². The number of anilines is 1. The van der Waals surface area contributed by atoms with E-state index in [4.69, 9.17) is 18.9 Å². The number of para-hydroxylation sites is 1. The Balaban J connectivity index is 1.40. The molecule has 0 unspecified atom stereocenters. The minimum absolute atomic E-state index is 0.0513. The Hall–Kier alpha value is -3.34. The highest BCUT2D eigenvalue weighted by Crippen LogP contribution is 2.36. The Kier molecular flexibility index (Phi) is 8.78. The number of benzene rings is 2. The van der Waals surface area contributed by atoms with Gasteiger partial charge in [-0.2, -0.15) is 0 Å². The summed E-state index contributed by atoms with van der Waals surface area (Å²) in [6.45, 7) is 6.76. The van der Waals surface area contributed by atoms with Crippen LogP contribution < -0.4 is 19.5 Å². The zero-order chi connectivity index (χ0) is 28.2. The summed E-state index contributed by atoms with van der Waals surface area (Å²) in [6, 6.07) is 10.8. The monoisotopic (exact) mass is 553 g/mol. The number of nitrogens with one attached hydrogen (secondary N) is 1. The molecule has 10 heteroatoms. The summed E-state index contributed by atoms with van der Waals surface area (Å²) in [5.41, 5.74) is 1.94. The quantitative estimate of drug-likeness (QED) is 0.513. The van der Waals surface area contributed by atoms with E-state index >= 15 is 0 Å². The maximum absolute atomic E-state index is 13.7. The van der Waals surface area contributed by atoms with E-state index in [0.717, 1.165) is 17.1 Å². The van der Waals surface area contributed by atoms with Crippen molar-refractivity contribution < 1.29 is 33.6 Å². The Morgan fingerprint density at radius 3 is 2.73 bits per heavy atom. The molecule has 2 aromatic rings. The fourth-order valence-corrected chi connectivity index (χ4v) is 5.48. The number of rotatable bonds is 8. The maximum atomic E-state index is 13.7. The third-order valence-electron chi connectivity index (χ3n) is 7.92. The number of likely N-dealkylation sites (N-methyl/N-ethyl adjacent to an activating group) is 1. The standard InChI is InChI=1S/C30H39N3O7/c1-19-14-33(20(2)17-34)30(36)23-5-4-6-24(31-29(35)22-9-11-37-12-10-22)28(23)40-27(19)16-32(3)15-21-7-8-25-26(13-21)39-18-38-25/h4-8,13,19-20,22,27,34H,9-12,14-18H2,1-3H3,(H,31,35)/t19-,20-,27-/m0/s1. The van der Waals surface area contributed by atoms with Crippen molar-refractivity contribution in [2.75, 3.05) is 52.1 Å². The first kappa shape index (κ1) is 28.2. The molecule has 1 saturated heterocycles. The smallest absolute Gasteiger partial charge is 0.258 e.